The molecule has 0 aliphatic heterocycles. The number of carbonyl (C=O) groups is 1. The molecule has 0 aliphatic carbocycles. The Morgan fingerprint density at radius 3 is 2.79 bits per heavy atom. The van der Waals surface area contributed by atoms with Crippen molar-refractivity contribution in [1.82, 2.24) is 5.32 Å². The average molecular weight is 360 g/mol. The van der Waals surface area contributed by atoms with Crippen molar-refractivity contribution >= 4 is 50.5 Å². The number of hydrogen-bond donors (Lipinski definition) is 2. The first-order valence-corrected chi connectivity index (χ1v) is 7.58. The van der Waals surface area contributed by atoms with Gasteiger partial charge in [0.1, 0.15) is 0 Å². The van der Waals surface area contributed by atoms with E-state index in [1.807, 2.05) is 12.1 Å². The lowest BCUT2D eigenvalue weighted by atomic mass is 10.2. The van der Waals surface area contributed by atoms with Gasteiger partial charge in [0, 0.05) is 24.2 Å². The van der Waals surface area contributed by atoms with E-state index in [9.17, 15) is 4.79 Å². The maximum absolute atomic E-state index is 11.6. The number of anilines is 1. The van der Waals surface area contributed by atoms with Crippen LogP contribution >= 0.6 is 38.9 Å². The second kappa shape index (κ2) is 6.41. The largest absolute Gasteiger partial charge is 0.380 e. The van der Waals surface area contributed by atoms with Gasteiger partial charge in [0.2, 0.25) is 0 Å². The van der Waals surface area contributed by atoms with Gasteiger partial charge in [-0.25, -0.2) is 0 Å². The van der Waals surface area contributed by atoms with E-state index < -0.39 is 0 Å². The third kappa shape index (κ3) is 3.72. The predicted molar refractivity (Wildman–Crippen MR) is 84.2 cm³/mol. The zero-order chi connectivity index (χ0) is 13.8. The first-order chi connectivity index (χ1) is 9.10. The van der Waals surface area contributed by atoms with Crippen LogP contribution in [0, 0.1) is 0 Å². The van der Waals surface area contributed by atoms with Crippen molar-refractivity contribution in [3.8, 4) is 0 Å². The molecule has 2 aromatic rings. The van der Waals surface area contributed by atoms with Crippen molar-refractivity contribution in [1.29, 1.82) is 0 Å². The molecular weight excluding hydrogens is 348 g/mol. The molecule has 1 aromatic carbocycles. The van der Waals surface area contributed by atoms with E-state index in [-0.39, 0.29) is 5.91 Å². The maximum Gasteiger partial charge on any atom is 0.252 e. The van der Waals surface area contributed by atoms with Gasteiger partial charge in [0.15, 0.2) is 0 Å². The fourth-order valence-corrected chi connectivity index (χ4v) is 3.21. The minimum absolute atomic E-state index is 0.187. The molecule has 0 aliphatic rings. The Hall–Kier alpha value is -1.04. The molecule has 0 saturated carbocycles. The molecule has 0 saturated heterocycles. The Morgan fingerprint density at radius 2 is 2.16 bits per heavy atom. The summed E-state index contributed by atoms with van der Waals surface area (Å²) in [7, 11) is 1.59. The van der Waals surface area contributed by atoms with Gasteiger partial charge < -0.3 is 10.6 Å². The van der Waals surface area contributed by atoms with Gasteiger partial charge in [-0.2, -0.15) is 0 Å². The zero-order valence-corrected chi connectivity index (χ0v) is 13.3. The molecule has 100 valence electrons. The smallest absolute Gasteiger partial charge is 0.252 e. The molecule has 1 heterocycles. The van der Waals surface area contributed by atoms with Gasteiger partial charge in [-0.3, -0.25) is 4.79 Å². The van der Waals surface area contributed by atoms with Crippen molar-refractivity contribution in [3.63, 3.8) is 0 Å². The number of thiophene rings is 1. The third-order valence-corrected chi connectivity index (χ3v) is 4.49. The normalized spacial score (nSPS) is 10.3. The van der Waals surface area contributed by atoms with E-state index in [0.29, 0.717) is 17.1 Å². The van der Waals surface area contributed by atoms with Crippen LogP contribution in [0.5, 0.6) is 0 Å². The van der Waals surface area contributed by atoms with Crippen LogP contribution < -0.4 is 10.6 Å². The number of hydrogen-bond acceptors (Lipinski definition) is 3. The molecule has 3 nitrogen and oxygen atoms in total. The SMILES string of the molecule is CNC(=O)c1cc(NCc2ccc(Br)s2)ccc1Cl. The van der Waals surface area contributed by atoms with Crippen LogP contribution in [0.25, 0.3) is 0 Å². The quantitative estimate of drug-likeness (QED) is 0.861. The van der Waals surface area contributed by atoms with Gasteiger partial charge in [-0.15, -0.1) is 11.3 Å². The highest BCUT2D eigenvalue weighted by Gasteiger charge is 2.09. The molecule has 6 heteroatoms. The number of amides is 1. The number of benzene rings is 1. The van der Waals surface area contributed by atoms with E-state index in [4.69, 9.17) is 11.6 Å². The van der Waals surface area contributed by atoms with Crippen molar-refractivity contribution in [2.45, 2.75) is 6.54 Å². The summed E-state index contributed by atoms with van der Waals surface area (Å²) in [6, 6.07) is 9.40. The summed E-state index contributed by atoms with van der Waals surface area (Å²) in [5.74, 6) is -0.187. The Kier molecular flexibility index (Phi) is 4.85. The molecular formula is C13H12BrClN2OS. The van der Waals surface area contributed by atoms with Crippen molar-refractivity contribution in [3.05, 3.63) is 49.6 Å². The van der Waals surface area contributed by atoms with Crippen molar-refractivity contribution < 1.29 is 4.79 Å². The van der Waals surface area contributed by atoms with Crippen LogP contribution in [0.4, 0.5) is 5.69 Å². The number of nitrogens with one attached hydrogen (secondary N) is 2. The van der Waals surface area contributed by atoms with Gasteiger partial charge in [-0.1, -0.05) is 11.6 Å². The first-order valence-electron chi connectivity index (χ1n) is 5.60. The molecule has 0 unspecified atom stereocenters. The minimum Gasteiger partial charge on any atom is -0.380 e. The summed E-state index contributed by atoms with van der Waals surface area (Å²) in [5, 5.41) is 6.29. The highest BCUT2D eigenvalue weighted by atomic mass is 79.9. The lowest BCUT2D eigenvalue weighted by Crippen LogP contribution is -2.18. The van der Waals surface area contributed by atoms with Crippen LogP contribution in [-0.2, 0) is 6.54 Å². The minimum atomic E-state index is -0.187. The lowest BCUT2D eigenvalue weighted by Gasteiger charge is -2.08. The fraction of sp³-hybridized carbons (Fsp3) is 0.154. The molecule has 0 radical (unpaired) electrons. The molecule has 2 rings (SSSR count). The molecule has 0 bridgehead atoms. The van der Waals surface area contributed by atoms with Crippen LogP contribution in [0.1, 0.15) is 15.2 Å². The second-order valence-corrected chi connectivity index (χ2v) is 6.79. The molecule has 0 fully saturated rings. The van der Waals surface area contributed by atoms with E-state index in [1.165, 1.54) is 4.88 Å². The standard InChI is InChI=1S/C13H12BrClN2OS/c1-16-13(18)10-6-8(2-4-11(10)15)17-7-9-3-5-12(14)19-9/h2-6,17H,7H2,1H3,(H,16,18). The predicted octanol–water partition coefficient (Wildman–Crippen LogP) is 4.14. The topological polar surface area (TPSA) is 41.1 Å². The van der Waals surface area contributed by atoms with E-state index in [0.717, 1.165) is 9.47 Å². The Bertz CT molecular complexity index is 600. The number of rotatable bonds is 4. The Morgan fingerprint density at radius 1 is 1.37 bits per heavy atom. The van der Waals surface area contributed by atoms with Crippen LogP contribution in [0.3, 0.4) is 0 Å². The van der Waals surface area contributed by atoms with Gasteiger partial charge in [0.05, 0.1) is 14.4 Å². The fourth-order valence-electron chi connectivity index (χ4n) is 1.58. The highest BCUT2D eigenvalue weighted by Crippen LogP contribution is 2.24. The third-order valence-electron chi connectivity index (χ3n) is 2.53. The molecule has 1 aromatic heterocycles. The zero-order valence-electron chi connectivity index (χ0n) is 10.2. The summed E-state index contributed by atoms with van der Waals surface area (Å²) in [4.78, 5) is 12.8. The molecule has 1 amide bonds. The van der Waals surface area contributed by atoms with Gasteiger partial charge in [0.25, 0.3) is 5.91 Å². The molecule has 0 atom stereocenters. The average Bonchev–Trinajstić information content (AvgIpc) is 2.83. The van der Waals surface area contributed by atoms with Gasteiger partial charge >= 0.3 is 0 Å². The summed E-state index contributed by atoms with van der Waals surface area (Å²) in [5.41, 5.74) is 1.34. The van der Waals surface area contributed by atoms with Gasteiger partial charge in [-0.05, 0) is 46.3 Å². The van der Waals surface area contributed by atoms with Crippen LogP contribution in [0.2, 0.25) is 5.02 Å². The summed E-state index contributed by atoms with van der Waals surface area (Å²) in [6.45, 7) is 0.713. The van der Waals surface area contributed by atoms with Crippen LogP contribution in [-0.4, -0.2) is 13.0 Å². The lowest BCUT2D eigenvalue weighted by molar-refractivity contribution is 0.0963. The molecule has 0 spiro atoms. The van der Waals surface area contributed by atoms with E-state index in [1.54, 1.807) is 30.5 Å². The first kappa shape index (κ1) is 14.4. The number of halogens is 2. The Labute approximate surface area is 129 Å². The molecule has 2 N–H and O–H groups in total. The molecule has 19 heavy (non-hydrogen) atoms. The number of carbonyl (C=O) groups excluding carboxylic acids is 1. The van der Waals surface area contributed by atoms with Crippen LogP contribution in [0.15, 0.2) is 34.1 Å². The monoisotopic (exact) mass is 358 g/mol. The summed E-state index contributed by atoms with van der Waals surface area (Å²) in [6.07, 6.45) is 0. The second-order valence-electron chi connectivity index (χ2n) is 3.83. The van der Waals surface area contributed by atoms with Crippen molar-refractivity contribution in [2.24, 2.45) is 0 Å². The van der Waals surface area contributed by atoms with E-state index in [2.05, 4.69) is 32.6 Å². The summed E-state index contributed by atoms with van der Waals surface area (Å²) < 4.78 is 1.10. The highest BCUT2D eigenvalue weighted by molar-refractivity contribution is 9.11. The maximum atomic E-state index is 11.6. The summed E-state index contributed by atoms with van der Waals surface area (Å²) >= 11 is 11.1. The van der Waals surface area contributed by atoms with Crippen molar-refractivity contribution in [2.75, 3.05) is 12.4 Å². The van der Waals surface area contributed by atoms with E-state index >= 15 is 0 Å². The Balaban J connectivity index is 2.10.